The number of allylic oxidation sites excluding steroid dienone is 1. The summed E-state index contributed by atoms with van der Waals surface area (Å²) >= 11 is 0. The second-order valence-electron chi connectivity index (χ2n) is 5.05. The van der Waals surface area contributed by atoms with Gasteiger partial charge in [0.15, 0.2) is 0 Å². The molecule has 2 heteroatoms. The van der Waals surface area contributed by atoms with Crippen LogP contribution in [0.15, 0.2) is 73.4 Å². The lowest BCUT2D eigenvalue weighted by molar-refractivity contribution is 0.310. The summed E-state index contributed by atoms with van der Waals surface area (Å²) in [6.45, 7) is 5.33. The van der Waals surface area contributed by atoms with Crippen LogP contribution in [0.3, 0.4) is 0 Å². The average Bonchev–Trinajstić information content (AvgIpc) is 2.95. The lowest BCUT2D eigenvalue weighted by Gasteiger charge is -2.09. The predicted octanol–water partition coefficient (Wildman–Crippen LogP) is 4.80. The van der Waals surface area contributed by atoms with Crippen LogP contribution in [0.4, 0.5) is 0 Å². The third-order valence-electron chi connectivity index (χ3n) is 3.58. The summed E-state index contributed by atoms with van der Waals surface area (Å²) in [5.74, 6) is 0.939. The number of hydrogen-bond acceptors (Lipinski definition) is 1. The largest absolute Gasteiger partial charge is 0.488 e. The first-order chi connectivity index (χ1) is 10.4. The van der Waals surface area contributed by atoms with Gasteiger partial charge in [-0.15, -0.1) is 6.58 Å². The topological polar surface area (TPSA) is 14.2 Å². The third-order valence-corrected chi connectivity index (χ3v) is 3.58. The number of nitrogens with zero attached hydrogens (tertiary/aromatic N) is 1. The van der Waals surface area contributed by atoms with Crippen LogP contribution in [0.1, 0.15) is 12.0 Å². The molecular formula is C19H19NO. The van der Waals surface area contributed by atoms with Crippen molar-refractivity contribution in [1.29, 1.82) is 0 Å². The standard InChI is InChI=1S/C19H19NO/c1-2-3-13-20-14-12-17-18(20)10-7-11-19(17)21-15-16-8-5-4-6-9-16/h2,4-12,14H,1,3,13,15H2. The van der Waals surface area contributed by atoms with Crippen molar-refractivity contribution in [2.24, 2.45) is 0 Å². The molecule has 3 aromatic rings. The molecule has 0 amide bonds. The second kappa shape index (κ2) is 6.31. The van der Waals surface area contributed by atoms with Gasteiger partial charge in [-0.2, -0.15) is 0 Å². The van der Waals surface area contributed by atoms with Crippen molar-refractivity contribution < 1.29 is 4.74 Å². The fourth-order valence-electron chi connectivity index (χ4n) is 2.48. The lowest BCUT2D eigenvalue weighted by atomic mass is 10.2. The zero-order valence-corrected chi connectivity index (χ0v) is 12.0. The second-order valence-corrected chi connectivity index (χ2v) is 5.05. The molecule has 21 heavy (non-hydrogen) atoms. The minimum Gasteiger partial charge on any atom is -0.488 e. The maximum absolute atomic E-state index is 5.99. The van der Waals surface area contributed by atoms with Crippen molar-refractivity contribution in [3.8, 4) is 5.75 Å². The molecule has 0 bridgehead atoms. The highest BCUT2D eigenvalue weighted by molar-refractivity contribution is 5.86. The van der Waals surface area contributed by atoms with Crippen LogP contribution < -0.4 is 4.74 Å². The van der Waals surface area contributed by atoms with E-state index < -0.39 is 0 Å². The third kappa shape index (κ3) is 3.00. The van der Waals surface area contributed by atoms with E-state index in [0.29, 0.717) is 6.61 Å². The SMILES string of the molecule is C=CCCn1ccc2c(OCc3ccccc3)cccc21. The zero-order chi connectivity index (χ0) is 14.5. The number of aryl methyl sites for hydroxylation is 1. The Balaban J connectivity index is 1.82. The molecule has 1 aromatic heterocycles. The zero-order valence-electron chi connectivity index (χ0n) is 12.0. The molecule has 1 heterocycles. The molecule has 0 spiro atoms. The lowest BCUT2D eigenvalue weighted by Crippen LogP contribution is -1.97. The molecule has 106 valence electrons. The fraction of sp³-hybridized carbons (Fsp3) is 0.158. The monoisotopic (exact) mass is 277 g/mol. The van der Waals surface area contributed by atoms with Gasteiger partial charge < -0.3 is 9.30 Å². The van der Waals surface area contributed by atoms with Crippen molar-refractivity contribution in [3.05, 3.63) is 79.0 Å². The van der Waals surface area contributed by atoms with Crippen LogP contribution in [0.2, 0.25) is 0 Å². The Kier molecular flexibility index (Phi) is 4.06. The molecule has 0 saturated heterocycles. The van der Waals surface area contributed by atoms with Crippen LogP contribution in [0.25, 0.3) is 10.9 Å². The van der Waals surface area contributed by atoms with Crippen LogP contribution in [0.5, 0.6) is 5.75 Å². The summed E-state index contributed by atoms with van der Waals surface area (Å²) in [6.07, 6.45) is 5.03. The number of aromatic nitrogens is 1. The van der Waals surface area contributed by atoms with E-state index in [9.17, 15) is 0 Å². The molecule has 2 nitrogen and oxygen atoms in total. The first-order valence-electron chi connectivity index (χ1n) is 7.24. The van der Waals surface area contributed by atoms with E-state index in [2.05, 4.69) is 41.6 Å². The smallest absolute Gasteiger partial charge is 0.129 e. The van der Waals surface area contributed by atoms with Crippen molar-refractivity contribution in [2.75, 3.05) is 0 Å². The van der Waals surface area contributed by atoms with Gasteiger partial charge in [0.1, 0.15) is 12.4 Å². The van der Waals surface area contributed by atoms with Crippen LogP contribution in [-0.2, 0) is 13.2 Å². The van der Waals surface area contributed by atoms with Crippen molar-refractivity contribution in [3.63, 3.8) is 0 Å². The van der Waals surface area contributed by atoms with Crippen LogP contribution in [0, 0.1) is 0 Å². The Labute approximate surface area is 125 Å². The molecule has 2 aromatic carbocycles. The van der Waals surface area contributed by atoms with Crippen molar-refractivity contribution in [2.45, 2.75) is 19.6 Å². The first-order valence-corrected chi connectivity index (χ1v) is 7.24. The van der Waals surface area contributed by atoms with E-state index in [1.54, 1.807) is 0 Å². The molecule has 0 N–H and O–H groups in total. The maximum atomic E-state index is 5.99. The van der Waals surface area contributed by atoms with E-state index in [-0.39, 0.29) is 0 Å². The van der Waals surface area contributed by atoms with Gasteiger partial charge in [-0.25, -0.2) is 0 Å². The summed E-state index contributed by atoms with van der Waals surface area (Å²) in [5.41, 5.74) is 2.39. The Bertz CT molecular complexity index is 728. The summed E-state index contributed by atoms with van der Waals surface area (Å²) in [7, 11) is 0. The number of fused-ring (bicyclic) bond motifs is 1. The Hall–Kier alpha value is -2.48. The van der Waals surface area contributed by atoms with Crippen LogP contribution >= 0.6 is 0 Å². The molecule has 0 unspecified atom stereocenters. The summed E-state index contributed by atoms with van der Waals surface area (Å²) in [4.78, 5) is 0. The maximum Gasteiger partial charge on any atom is 0.129 e. The highest BCUT2D eigenvalue weighted by Gasteiger charge is 2.06. The minimum atomic E-state index is 0.595. The van der Waals surface area contributed by atoms with Crippen molar-refractivity contribution in [1.82, 2.24) is 4.57 Å². The first kappa shape index (κ1) is 13.5. The van der Waals surface area contributed by atoms with E-state index in [4.69, 9.17) is 4.74 Å². The van der Waals surface area contributed by atoms with Gasteiger partial charge in [0.25, 0.3) is 0 Å². The number of hydrogen-bond donors (Lipinski definition) is 0. The van der Waals surface area contributed by atoms with E-state index in [1.165, 1.54) is 11.1 Å². The molecule has 0 radical (unpaired) electrons. The Morgan fingerprint density at radius 3 is 2.67 bits per heavy atom. The molecule has 0 atom stereocenters. The van der Waals surface area contributed by atoms with Gasteiger partial charge >= 0.3 is 0 Å². The minimum absolute atomic E-state index is 0.595. The molecule has 0 aliphatic heterocycles. The van der Waals surface area contributed by atoms with E-state index in [1.807, 2.05) is 36.4 Å². The quantitative estimate of drug-likeness (QED) is 0.590. The fourth-order valence-corrected chi connectivity index (χ4v) is 2.48. The van der Waals surface area contributed by atoms with Gasteiger partial charge in [0.2, 0.25) is 0 Å². The average molecular weight is 277 g/mol. The summed E-state index contributed by atoms with van der Waals surface area (Å²) in [5, 5.41) is 1.16. The summed E-state index contributed by atoms with van der Waals surface area (Å²) < 4.78 is 8.23. The Morgan fingerprint density at radius 2 is 1.86 bits per heavy atom. The molecule has 0 saturated carbocycles. The molecule has 0 aliphatic carbocycles. The van der Waals surface area contributed by atoms with E-state index in [0.717, 1.165) is 24.1 Å². The van der Waals surface area contributed by atoms with Gasteiger partial charge in [-0.1, -0.05) is 42.5 Å². The van der Waals surface area contributed by atoms with E-state index >= 15 is 0 Å². The van der Waals surface area contributed by atoms with Gasteiger partial charge in [0, 0.05) is 18.1 Å². The van der Waals surface area contributed by atoms with Gasteiger partial charge in [0.05, 0.1) is 5.52 Å². The molecular weight excluding hydrogens is 258 g/mol. The van der Waals surface area contributed by atoms with Gasteiger partial charge in [-0.3, -0.25) is 0 Å². The number of benzene rings is 2. The normalized spacial score (nSPS) is 10.7. The highest BCUT2D eigenvalue weighted by Crippen LogP contribution is 2.27. The molecule has 0 fully saturated rings. The number of rotatable bonds is 6. The number of ether oxygens (including phenoxy) is 1. The van der Waals surface area contributed by atoms with Crippen molar-refractivity contribution >= 4 is 10.9 Å². The Morgan fingerprint density at radius 1 is 1.00 bits per heavy atom. The highest BCUT2D eigenvalue weighted by atomic mass is 16.5. The van der Waals surface area contributed by atoms with Gasteiger partial charge in [-0.05, 0) is 30.2 Å². The summed E-state index contributed by atoms with van der Waals surface area (Å²) in [6, 6.07) is 18.6. The molecule has 0 aliphatic rings. The molecule has 3 rings (SSSR count). The predicted molar refractivity (Wildman–Crippen MR) is 87.5 cm³/mol. The van der Waals surface area contributed by atoms with Crippen LogP contribution in [-0.4, -0.2) is 4.57 Å².